The number of nitrogens with zero attached hydrogens (tertiary/aromatic N) is 3. The summed E-state index contributed by atoms with van der Waals surface area (Å²) in [5.41, 5.74) is 6.73. The summed E-state index contributed by atoms with van der Waals surface area (Å²) in [5.74, 6) is 0.634. The lowest BCUT2D eigenvalue weighted by Gasteiger charge is -2.13. The third-order valence-corrected chi connectivity index (χ3v) is 9.95. The molecule has 0 unspecified atom stereocenters. The van der Waals surface area contributed by atoms with Gasteiger partial charge in [0.15, 0.2) is 0 Å². The lowest BCUT2D eigenvalue weighted by atomic mass is 9.95. The van der Waals surface area contributed by atoms with E-state index < -0.39 is 0 Å². The molecule has 0 N–H and O–H groups in total. The molecule has 3 heterocycles. The van der Waals surface area contributed by atoms with Gasteiger partial charge in [-0.25, -0.2) is 9.97 Å². The van der Waals surface area contributed by atoms with Crippen molar-refractivity contribution >= 4 is 87.0 Å². The van der Waals surface area contributed by atoms with Gasteiger partial charge in [-0.1, -0.05) is 127 Å². The zero-order chi connectivity index (χ0) is 31.3. The Hall–Kier alpha value is -6.52. The standard InChI is InChI=1S/C44H25N3O/c1-2-13-28-25-29(22-21-26(28)11-1)41-31-15-5-8-18-35(31)45-44(46-41)47-36-19-9-6-16-32(36)38-34-24-23-27-12-3-4-14-30(27)39(34)43-40(42(38)47)33-17-7-10-20-37(33)48-43/h1-25H. The molecule has 0 aliphatic rings. The Labute approximate surface area is 274 Å². The van der Waals surface area contributed by atoms with Crippen molar-refractivity contribution in [3.8, 4) is 17.2 Å². The fourth-order valence-corrected chi connectivity index (χ4v) is 7.86. The molecule has 11 aromatic rings. The fraction of sp³-hybridized carbons (Fsp3) is 0. The van der Waals surface area contributed by atoms with Gasteiger partial charge in [-0.2, -0.15) is 0 Å². The van der Waals surface area contributed by atoms with Crippen LogP contribution >= 0.6 is 0 Å². The summed E-state index contributed by atoms with van der Waals surface area (Å²) in [6, 6.07) is 53.5. The molecule has 0 amide bonds. The van der Waals surface area contributed by atoms with E-state index in [1.165, 1.54) is 26.9 Å². The lowest BCUT2D eigenvalue weighted by Crippen LogP contribution is -2.03. The van der Waals surface area contributed by atoms with Gasteiger partial charge in [0.25, 0.3) is 0 Å². The first-order chi connectivity index (χ1) is 23.8. The minimum atomic E-state index is 0.634. The van der Waals surface area contributed by atoms with Crippen LogP contribution in [-0.2, 0) is 0 Å². The van der Waals surface area contributed by atoms with Crippen LogP contribution in [0, 0.1) is 0 Å². The van der Waals surface area contributed by atoms with Gasteiger partial charge in [0.2, 0.25) is 5.95 Å². The molecule has 0 bridgehead atoms. The van der Waals surface area contributed by atoms with Crippen LogP contribution in [0.5, 0.6) is 0 Å². The van der Waals surface area contributed by atoms with E-state index in [1.54, 1.807) is 0 Å². The van der Waals surface area contributed by atoms with Crippen LogP contribution in [0.25, 0.3) is 104 Å². The van der Waals surface area contributed by atoms with E-state index in [0.717, 1.165) is 71.3 Å². The Kier molecular flexibility index (Phi) is 5.08. The molecule has 3 aromatic heterocycles. The average Bonchev–Trinajstić information content (AvgIpc) is 3.70. The van der Waals surface area contributed by atoms with E-state index in [9.17, 15) is 0 Å². The van der Waals surface area contributed by atoms with Crippen LogP contribution in [0.4, 0.5) is 0 Å². The van der Waals surface area contributed by atoms with Crippen LogP contribution < -0.4 is 0 Å². The van der Waals surface area contributed by atoms with Gasteiger partial charge in [0, 0.05) is 32.5 Å². The maximum Gasteiger partial charge on any atom is 0.235 e. The van der Waals surface area contributed by atoms with Gasteiger partial charge < -0.3 is 4.42 Å². The fourth-order valence-electron chi connectivity index (χ4n) is 7.86. The van der Waals surface area contributed by atoms with Gasteiger partial charge in [0.1, 0.15) is 11.2 Å². The van der Waals surface area contributed by atoms with Gasteiger partial charge in [-0.15, -0.1) is 0 Å². The van der Waals surface area contributed by atoms with Crippen molar-refractivity contribution < 1.29 is 4.42 Å². The number of rotatable bonds is 2. The summed E-state index contributed by atoms with van der Waals surface area (Å²) in [5, 5.41) is 12.5. The monoisotopic (exact) mass is 611 g/mol. The number of fused-ring (bicyclic) bond motifs is 14. The number of benzene rings is 8. The van der Waals surface area contributed by atoms with Gasteiger partial charge in [-0.3, -0.25) is 4.57 Å². The Balaban J connectivity index is 1.36. The van der Waals surface area contributed by atoms with Crippen LogP contribution in [0.1, 0.15) is 0 Å². The highest BCUT2D eigenvalue weighted by Crippen LogP contribution is 2.47. The van der Waals surface area contributed by atoms with Crippen LogP contribution in [-0.4, -0.2) is 14.5 Å². The van der Waals surface area contributed by atoms with Crippen LogP contribution in [0.2, 0.25) is 0 Å². The molecule has 0 saturated carbocycles. The number of furan rings is 1. The maximum absolute atomic E-state index is 6.82. The molecule has 0 fully saturated rings. The summed E-state index contributed by atoms with van der Waals surface area (Å²) in [7, 11) is 0. The second-order valence-electron chi connectivity index (χ2n) is 12.5. The first kappa shape index (κ1) is 25.6. The molecule has 0 aliphatic carbocycles. The molecular formula is C44H25N3O. The lowest BCUT2D eigenvalue weighted by molar-refractivity contribution is 0.673. The predicted molar refractivity (Wildman–Crippen MR) is 199 cm³/mol. The highest BCUT2D eigenvalue weighted by Gasteiger charge is 2.25. The first-order valence-corrected chi connectivity index (χ1v) is 16.3. The molecule has 0 radical (unpaired) electrons. The molecule has 0 aliphatic heterocycles. The SMILES string of the molecule is c1ccc2cc(-c3nc(-n4c5ccccc5c5c6ccc7ccccc7c6c6oc7ccccc7c6c54)nc4ccccc34)ccc2c1. The van der Waals surface area contributed by atoms with Crippen molar-refractivity contribution in [2.24, 2.45) is 0 Å². The summed E-state index contributed by atoms with van der Waals surface area (Å²) in [6.07, 6.45) is 0. The van der Waals surface area contributed by atoms with Crippen molar-refractivity contribution in [2.75, 3.05) is 0 Å². The van der Waals surface area contributed by atoms with E-state index in [0.29, 0.717) is 5.95 Å². The number of aromatic nitrogens is 3. The second kappa shape index (κ2) is 9.50. The molecule has 11 rings (SSSR count). The molecule has 4 heteroatoms. The van der Waals surface area contributed by atoms with Gasteiger partial charge in [0.05, 0.1) is 27.6 Å². The van der Waals surface area contributed by atoms with E-state index >= 15 is 0 Å². The minimum Gasteiger partial charge on any atom is -0.455 e. The summed E-state index contributed by atoms with van der Waals surface area (Å²) in [6.45, 7) is 0. The predicted octanol–water partition coefficient (Wildman–Crippen LogP) is 11.8. The number of para-hydroxylation sites is 3. The highest BCUT2D eigenvalue weighted by atomic mass is 16.3. The van der Waals surface area contributed by atoms with E-state index in [-0.39, 0.29) is 0 Å². The molecule has 0 atom stereocenters. The summed E-state index contributed by atoms with van der Waals surface area (Å²) < 4.78 is 9.08. The van der Waals surface area contributed by atoms with Crippen LogP contribution in [0.15, 0.2) is 156 Å². The summed E-state index contributed by atoms with van der Waals surface area (Å²) in [4.78, 5) is 10.7. The van der Waals surface area contributed by atoms with Gasteiger partial charge in [-0.05, 0) is 51.2 Å². The molecule has 48 heavy (non-hydrogen) atoms. The average molecular weight is 612 g/mol. The Bertz CT molecular complexity index is 3130. The normalized spacial score (nSPS) is 12.2. The molecule has 0 saturated heterocycles. The van der Waals surface area contributed by atoms with Crippen molar-refractivity contribution in [3.05, 3.63) is 152 Å². The molecule has 0 spiro atoms. The molecule has 4 nitrogen and oxygen atoms in total. The van der Waals surface area contributed by atoms with Gasteiger partial charge >= 0.3 is 0 Å². The third kappa shape index (κ3) is 3.43. The molecule has 222 valence electrons. The number of hydrogen-bond donors (Lipinski definition) is 0. The summed E-state index contributed by atoms with van der Waals surface area (Å²) >= 11 is 0. The van der Waals surface area contributed by atoms with E-state index in [1.807, 2.05) is 6.07 Å². The van der Waals surface area contributed by atoms with E-state index in [2.05, 4.69) is 150 Å². The second-order valence-corrected chi connectivity index (χ2v) is 12.5. The number of hydrogen-bond acceptors (Lipinski definition) is 3. The smallest absolute Gasteiger partial charge is 0.235 e. The quantitative estimate of drug-likeness (QED) is 0.183. The molecule has 8 aromatic carbocycles. The third-order valence-electron chi connectivity index (χ3n) is 9.95. The van der Waals surface area contributed by atoms with Crippen LogP contribution in [0.3, 0.4) is 0 Å². The zero-order valence-electron chi connectivity index (χ0n) is 25.7. The van der Waals surface area contributed by atoms with Crippen molar-refractivity contribution in [2.45, 2.75) is 0 Å². The zero-order valence-corrected chi connectivity index (χ0v) is 25.7. The molecular weight excluding hydrogens is 587 g/mol. The highest BCUT2D eigenvalue weighted by molar-refractivity contribution is 6.38. The van der Waals surface area contributed by atoms with Crippen molar-refractivity contribution in [1.82, 2.24) is 14.5 Å². The van der Waals surface area contributed by atoms with E-state index in [4.69, 9.17) is 14.4 Å². The Morgan fingerprint density at radius 3 is 2.04 bits per heavy atom. The Morgan fingerprint density at radius 2 is 1.15 bits per heavy atom. The van der Waals surface area contributed by atoms with Crippen molar-refractivity contribution in [1.29, 1.82) is 0 Å². The minimum absolute atomic E-state index is 0.634. The van der Waals surface area contributed by atoms with Crippen molar-refractivity contribution in [3.63, 3.8) is 0 Å². The topological polar surface area (TPSA) is 43.9 Å². The maximum atomic E-state index is 6.82. The Morgan fingerprint density at radius 1 is 0.458 bits per heavy atom. The first-order valence-electron chi connectivity index (χ1n) is 16.3. The largest absolute Gasteiger partial charge is 0.455 e.